The Kier molecular flexibility index (Phi) is 5.33. The van der Waals surface area contributed by atoms with Crippen molar-refractivity contribution in [1.82, 2.24) is 0 Å². The summed E-state index contributed by atoms with van der Waals surface area (Å²) >= 11 is 6.86. The first kappa shape index (κ1) is 23.5. The van der Waals surface area contributed by atoms with E-state index in [1.807, 2.05) is 0 Å². The molecule has 0 saturated heterocycles. The summed E-state index contributed by atoms with van der Waals surface area (Å²) in [5, 5.41) is 0.771. The van der Waals surface area contributed by atoms with Crippen molar-refractivity contribution in [1.29, 1.82) is 0 Å². The number of aryl methyl sites for hydroxylation is 1. The molecule has 0 radical (unpaired) electrons. The lowest BCUT2D eigenvalue weighted by Crippen LogP contribution is -2.01. The molecule has 0 heterocycles. The van der Waals surface area contributed by atoms with Gasteiger partial charge in [0.05, 0.1) is 0 Å². The number of hydrogen-bond donors (Lipinski definition) is 0. The molecule has 0 amide bonds. The molecule has 6 aromatic rings. The third-order valence-electron chi connectivity index (χ3n) is 8.72. The lowest BCUT2D eigenvalue weighted by atomic mass is 9.86. The highest BCUT2D eigenvalue weighted by Gasteiger charge is 2.31. The fourth-order valence-electron chi connectivity index (χ4n) is 7.03. The fourth-order valence-corrected chi connectivity index (χ4v) is 7.28. The molecule has 0 spiro atoms. The normalized spacial score (nSPS) is 14.9. The Labute approximate surface area is 240 Å². The van der Waals surface area contributed by atoms with Crippen molar-refractivity contribution in [2.45, 2.75) is 18.8 Å². The van der Waals surface area contributed by atoms with Crippen LogP contribution in [-0.4, -0.2) is 0 Å². The molecule has 1 unspecified atom stereocenters. The van der Waals surface area contributed by atoms with Crippen molar-refractivity contribution < 1.29 is 0 Å². The minimum atomic E-state index is 0.168. The lowest BCUT2D eigenvalue weighted by Gasteiger charge is -2.18. The van der Waals surface area contributed by atoms with Crippen LogP contribution in [0.25, 0.3) is 33.4 Å². The molecule has 190 valence electrons. The zero-order valence-corrected chi connectivity index (χ0v) is 23.0. The quantitative estimate of drug-likeness (QED) is 0.213. The van der Waals surface area contributed by atoms with Gasteiger partial charge >= 0.3 is 0 Å². The zero-order chi connectivity index (χ0) is 26.8. The van der Waals surface area contributed by atoms with E-state index in [-0.39, 0.29) is 11.8 Å². The van der Waals surface area contributed by atoms with E-state index in [2.05, 4.69) is 140 Å². The van der Waals surface area contributed by atoms with Gasteiger partial charge in [-0.25, -0.2) is 0 Å². The van der Waals surface area contributed by atoms with E-state index in [1.54, 1.807) is 0 Å². The van der Waals surface area contributed by atoms with Crippen molar-refractivity contribution in [3.05, 3.63) is 177 Å². The summed E-state index contributed by atoms with van der Waals surface area (Å²) in [7, 11) is 0. The van der Waals surface area contributed by atoms with Crippen molar-refractivity contribution in [2.75, 3.05) is 0 Å². The van der Waals surface area contributed by atoms with Crippen LogP contribution in [0, 0.1) is 6.92 Å². The first-order valence-corrected chi connectivity index (χ1v) is 14.3. The van der Waals surface area contributed by atoms with E-state index >= 15 is 0 Å². The van der Waals surface area contributed by atoms with Crippen LogP contribution >= 0.6 is 11.6 Å². The monoisotopic (exact) mass is 530 g/mol. The van der Waals surface area contributed by atoms with Gasteiger partial charge in [-0.15, -0.1) is 0 Å². The van der Waals surface area contributed by atoms with Gasteiger partial charge < -0.3 is 0 Å². The average molecular weight is 531 g/mol. The molecule has 0 aliphatic heterocycles. The molecule has 0 N–H and O–H groups in total. The Balaban J connectivity index is 1.25. The van der Waals surface area contributed by atoms with Gasteiger partial charge in [0.1, 0.15) is 0 Å². The molecule has 6 aromatic carbocycles. The molecule has 0 fully saturated rings. The van der Waals surface area contributed by atoms with Crippen molar-refractivity contribution in [2.24, 2.45) is 0 Å². The summed E-state index contributed by atoms with van der Waals surface area (Å²) in [6.45, 7) is 2.17. The van der Waals surface area contributed by atoms with Gasteiger partial charge in [0.25, 0.3) is 0 Å². The predicted octanol–water partition coefficient (Wildman–Crippen LogP) is 10.6. The lowest BCUT2D eigenvalue weighted by molar-refractivity contribution is 1.01. The van der Waals surface area contributed by atoms with E-state index in [0.717, 1.165) is 10.6 Å². The first-order valence-electron chi connectivity index (χ1n) is 13.9. The molecule has 8 rings (SSSR count). The number of fused-ring (bicyclic) bond motifs is 6. The molecular weight excluding hydrogens is 504 g/mol. The van der Waals surface area contributed by atoms with Crippen LogP contribution in [0.1, 0.15) is 50.8 Å². The van der Waals surface area contributed by atoms with Gasteiger partial charge in [0, 0.05) is 16.9 Å². The molecule has 2 aliphatic carbocycles. The molecular formula is C39H27Cl. The van der Waals surface area contributed by atoms with E-state index in [1.165, 1.54) is 66.8 Å². The van der Waals surface area contributed by atoms with Crippen LogP contribution in [0.3, 0.4) is 0 Å². The SMILES string of the molecule is Cc1ccc2c(c1)-c1ccccc1C2c1cc(Cl)cc(-c2cccc(C3c4ccccc4-c4ccccc43)c2)c1. The van der Waals surface area contributed by atoms with Gasteiger partial charge in [-0.3, -0.25) is 0 Å². The van der Waals surface area contributed by atoms with Crippen LogP contribution in [0.15, 0.2) is 133 Å². The second-order valence-corrected chi connectivity index (χ2v) is 11.6. The fraction of sp³-hybridized carbons (Fsp3) is 0.0769. The summed E-state index contributed by atoms with van der Waals surface area (Å²) < 4.78 is 0. The largest absolute Gasteiger partial charge is 0.0843 e. The Bertz CT molecular complexity index is 1900. The third kappa shape index (κ3) is 3.60. The van der Waals surface area contributed by atoms with Crippen LogP contribution in [0.4, 0.5) is 0 Å². The van der Waals surface area contributed by atoms with Crippen LogP contribution in [0.5, 0.6) is 0 Å². The minimum absolute atomic E-state index is 0.168. The van der Waals surface area contributed by atoms with Gasteiger partial charge in [0.15, 0.2) is 0 Å². The van der Waals surface area contributed by atoms with E-state index in [0.29, 0.717) is 0 Å². The van der Waals surface area contributed by atoms with Crippen molar-refractivity contribution in [3.8, 4) is 33.4 Å². The molecule has 2 aliphatic rings. The number of hydrogen-bond acceptors (Lipinski definition) is 0. The Hall–Kier alpha value is -4.39. The van der Waals surface area contributed by atoms with E-state index < -0.39 is 0 Å². The first-order chi connectivity index (χ1) is 19.7. The molecule has 0 aromatic heterocycles. The second-order valence-electron chi connectivity index (χ2n) is 11.1. The van der Waals surface area contributed by atoms with Crippen LogP contribution in [-0.2, 0) is 0 Å². The predicted molar refractivity (Wildman–Crippen MR) is 167 cm³/mol. The molecule has 1 heteroatoms. The smallest absolute Gasteiger partial charge is 0.0415 e. The highest BCUT2D eigenvalue weighted by atomic mass is 35.5. The number of halogens is 1. The maximum atomic E-state index is 6.86. The maximum Gasteiger partial charge on any atom is 0.0415 e. The average Bonchev–Trinajstić information content (AvgIpc) is 3.50. The summed E-state index contributed by atoms with van der Waals surface area (Å²) in [5.41, 5.74) is 17.0. The summed E-state index contributed by atoms with van der Waals surface area (Å²) in [6.07, 6.45) is 0. The molecule has 0 bridgehead atoms. The van der Waals surface area contributed by atoms with Crippen molar-refractivity contribution in [3.63, 3.8) is 0 Å². The van der Waals surface area contributed by atoms with E-state index in [4.69, 9.17) is 11.6 Å². The highest BCUT2D eigenvalue weighted by Crippen LogP contribution is 2.50. The molecule has 40 heavy (non-hydrogen) atoms. The topological polar surface area (TPSA) is 0 Å². The summed E-state index contributed by atoms with van der Waals surface area (Å²) in [6, 6.07) is 48.9. The van der Waals surface area contributed by atoms with Crippen LogP contribution in [0.2, 0.25) is 5.02 Å². The van der Waals surface area contributed by atoms with Gasteiger partial charge in [-0.05, 0) is 85.8 Å². The Morgan fingerprint density at radius 3 is 1.65 bits per heavy atom. The van der Waals surface area contributed by atoms with Crippen LogP contribution < -0.4 is 0 Å². The second kappa shape index (κ2) is 9.08. The van der Waals surface area contributed by atoms with Crippen molar-refractivity contribution >= 4 is 11.6 Å². The van der Waals surface area contributed by atoms with Gasteiger partial charge in [-0.1, -0.05) is 138 Å². The Morgan fingerprint density at radius 2 is 0.975 bits per heavy atom. The Morgan fingerprint density at radius 1 is 0.425 bits per heavy atom. The summed E-state index contributed by atoms with van der Waals surface area (Å²) in [4.78, 5) is 0. The number of benzene rings is 6. The molecule has 0 saturated carbocycles. The number of rotatable bonds is 3. The third-order valence-corrected chi connectivity index (χ3v) is 8.94. The zero-order valence-electron chi connectivity index (χ0n) is 22.2. The minimum Gasteiger partial charge on any atom is -0.0843 e. The highest BCUT2D eigenvalue weighted by molar-refractivity contribution is 6.31. The van der Waals surface area contributed by atoms with Gasteiger partial charge in [-0.2, -0.15) is 0 Å². The maximum absolute atomic E-state index is 6.86. The van der Waals surface area contributed by atoms with Gasteiger partial charge in [0.2, 0.25) is 0 Å². The molecule has 1 atom stereocenters. The summed E-state index contributed by atoms with van der Waals surface area (Å²) in [5.74, 6) is 0.392. The van der Waals surface area contributed by atoms with E-state index in [9.17, 15) is 0 Å². The molecule has 0 nitrogen and oxygen atoms in total. The standard InChI is InChI=1S/C39H27Cl/c1-24-17-18-36-37(19-24)32-13-4-7-16-35(32)39(36)28-21-27(22-29(40)23-28)25-9-8-10-26(20-25)38-33-14-5-2-11-30(33)31-12-3-6-15-34(31)38/h2-23,38-39H,1H3.